The molecule has 9 heteroatoms. The molecule has 0 aromatic heterocycles. The minimum absolute atomic E-state index is 0.0386. The third-order valence-corrected chi connectivity index (χ3v) is 5.19. The second-order valence-corrected chi connectivity index (χ2v) is 7.68. The zero-order valence-electron chi connectivity index (χ0n) is 16.0. The average Bonchev–Trinajstić information content (AvgIpc) is 2.68. The highest BCUT2D eigenvalue weighted by molar-refractivity contribution is 7.87. The molecule has 2 aromatic rings. The average molecular weight is 416 g/mol. The van der Waals surface area contributed by atoms with E-state index >= 15 is 0 Å². The van der Waals surface area contributed by atoms with Gasteiger partial charge in [-0.05, 0) is 55.3 Å². The van der Waals surface area contributed by atoms with Gasteiger partial charge >= 0.3 is 16.1 Å². The van der Waals surface area contributed by atoms with E-state index in [9.17, 15) is 18.0 Å². The van der Waals surface area contributed by atoms with Crippen LogP contribution in [0.25, 0.3) is 0 Å². The third kappa shape index (κ3) is 6.33. The summed E-state index contributed by atoms with van der Waals surface area (Å²) in [7, 11) is -4.02. The second-order valence-electron chi connectivity index (χ2n) is 6.16. The normalized spacial score (nSPS) is 10.7. The van der Waals surface area contributed by atoms with Crippen molar-refractivity contribution in [3.05, 3.63) is 59.2 Å². The fraction of sp³-hybridized carbons (Fsp3) is 0.250. The number of rotatable bonds is 8. The molecule has 0 aliphatic rings. The van der Waals surface area contributed by atoms with Gasteiger partial charge < -0.3 is 14.2 Å². The second kappa shape index (κ2) is 9.71. The number of esters is 1. The number of benzene rings is 2. The molecule has 29 heavy (non-hydrogen) atoms. The zero-order chi connectivity index (χ0) is 21.4. The Balaban J connectivity index is 1.99. The van der Waals surface area contributed by atoms with E-state index in [4.69, 9.17) is 14.2 Å². The maximum atomic E-state index is 12.5. The molecule has 0 radical (unpaired) electrons. The Morgan fingerprint density at radius 2 is 1.79 bits per heavy atom. The highest BCUT2D eigenvalue weighted by Crippen LogP contribution is 2.22. The smallest absolute Gasteiger partial charge is 0.339 e. The van der Waals surface area contributed by atoms with Crippen LogP contribution < -0.4 is 9.50 Å². The van der Waals surface area contributed by atoms with E-state index in [0.717, 1.165) is 5.56 Å². The largest absolute Gasteiger partial charge is 0.452 e. The number of nitriles is 1. The fourth-order valence-electron chi connectivity index (χ4n) is 2.32. The van der Waals surface area contributed by atoms with Crippen LogP contribution in [0.3, 0.4) is 0 Å². The predicted molar refractivity (Wildman–Crippen MR) is 104 cm³/mol. The van der Waals surface area contributed by atoms with Gasteiger partial charge in [0.05, 0.1) is 18.1 Å². The minimum Gasteiger partial charge on any atom is -0.452 e. The van der Waals surface area contributed by atoms with Crippen molar-refractivity contribution in [3.63, 3.8) is 0 Å². The number of hydrogen-bond donors (Lipinski definition) is 1. The lowest BCUT2D eigenvalue weighted by molar-refractivity contribution is -0.124. The van der Waals surface area contributed by atoms with Crippen LogP contribution in [-0.2, 0) is 19.6 Å². The lowest BCUT2D eigenvalue weighted by Crippen LogP contribution is -2.29. The van der Waals surface area contributed by atoms with Crippen molar-refractivity contribution in [1.82, 2.24) is 5.32 Å². The van der Waals surface area contributed by atoms with E-state index in [0.29, 0.717) is 5.56 Å². The van der Waals surface area contributed by atoms with Crippen LogP contribution in [0.15, 0.2) is 47.4 Å². The Kier molecular flexibility index (Phi) is 7.33. The Hall–Kier alpha value is -3.38. The van der Waals surface area contributed by atoms with Gasteiger partial charge in [0, 0.05) is 6.54 Å². The lowest BCUT2D eigenvalue weighted by atomic mass is 10.2. The molecule has 1 N–H and O–H groups in total. The van der Waals surface area contributed by atoms with Crippen molar-refractivity contribution in [2.75, 3.05) is 13.2 Å². The van der Waals surface area contributed by atoms with Crippen molar-refractivity contribution < 1.29 is 26.9 Å². The molecule has 2 rings (SSSR count). The van der Waals surface area contributed by atoms with Crippen LogP contribution in [0.4, 0.5) is 0 Å². The first-order valence-electron chi connectivity index (χ1n) is 8.65. The van der Waals surface area contributed by atoms with Gasteiger partial charge in [-0.2, -0.15) is 13.7 Å². The molecule has 1 amide bonds. The SMILES string of the molecule is Cc1ccc(C)c(S(=O)(=O)Oc2ccc(C(=O)OCC(=O)NCCC#N)cc2)c1. The number of nitrogens with zero attached hydrogens (tertiary/aromatic N) is 1. The summed E-state index contributed by atoms with van der Waals surface area (Å²) in [5.74, 6) is -1.23. The van der Waals surface area contributed by atoms with E-state index in [1.54, 1.807) is 26.0 Å². The highest BCUT2D eigenvalue weighted by atomic mass is 32.2. The van der Waals surface area contributed by atoms with Crippen molar-refractivity contribution in [2.45, 2.75) is 25.2 Å². The van der Waals surface area contributed by atoms with Crippen LogP contribution in [0.2, 0.25) is 0 Å². The van der Waals surface area contributed by atoms with Gasteiger partial charge in [0.2, 0.25) is 0 Å². The van der Waals surface area contributed by atoms with Crippen LogP contribution in [0.1, 0.15) is 27.9 Å². The topological polar surface area (TPSA) is 123 Å². The quantitative estimate of drug-likeness (QED) is 0.398. The minimum atomic E-state index is -4.02. The number of aryl methyl sites for hydroxylation is 2. The molecule has 0 saturated heterocycles. The summed E-state index contributed by atoms with van der Waals surface area (Å²) in [6, 6.07) is 12.2. The number of carbonyl (C=O) groups excluding carboxylic acids is 2. The van der Waals surface area contributed by atoms with Crippen LogP contribution >= 0.6 is 0 Å². The Bertz CT molecular complexity index is 1040. The Morgan fingerprint density at radius 1 is 1.10 bits per heavy atom. The number of nitrogens with one attached hydrogen (secondary N) is 1. The summed E-state index contributed by atoms with van der Waals surface area (Å²) in [5, 5.41) is 10.8. The predicted octanol–water partition coefficient (Wildman–Crippen LogP) is 2.26. The van der Waals surface area contributed by atoms with E-state index < -0.39 is 28.6 Å². The Morgan fingerprint density at radius 3 is 2.45 bits per heavy atom. The summed E-state index contributed by atoms with van der Waals surface area (Å²) < 4.78 is 35.0. The molecule has 0 saturated carbocycles. The molecular formula is C20H20N2O6S. The molecule has 0 heterocycles. The number of amides is 1. The highest BCUT2D eigenvalue weighted by Gasteiger charge is 2.20. The van der Waals surface area contributed by atoms with Gasteiger partial charge in [-0.1, -0.05) is 12.1 Å². The summed E-state index contributed by atoms with van der Waals surface area (Å²) >= 11 is 0. The van der Waals surface area contributed by atoms with Gasteiger partial charge in [0.25, 0.3) is 5.91 Å². The Labute approximate surface area is 169 Å². The molecule has 2 aromatic carbocycles. The van der Waals surface area contributed by atoms with Gasteiger partial charge in [0.15, 0.2) is 6.61 Å². The molecule has 8 nitrogen and oxygen atoms in total. The van der Waals surface area contributed by atoms with E-state index in [2.05, 4.69) is 5.32 Å². The lowest BCUT2D eigenvalue weighted by Gasteiger charge is -2.10. The van der Waals surface area contributed by atoms with E-state index in [-0.39, 0.29) is 29.2 Å². The third-order valence-electron chi connectivity index (χ3n) is 3.80. The van der Waals surface area contributed by atoms with Crippen LogP contribution in [0, 0.1) is 25.2 Å². The van der Waals surface area contributed by atoms with Crippen LogP contribution in [0.5, 0.6) is 5.75 Å². The molecule has 152 valence electrons. The molecule has 0 bridgehead atoms. The molecule has 0 unspecified atom stereocenters. The first kappa shape index (κ1) is 21.9. The summed E-state index contributed by atoms with van der Waals surface area (Å²) in [4.78, 5) is 23.5. The molecular weight excluding hydrogens is 396 g/mol. The first-order valence-corrected chi connectivity index (χ1v) is 10.1. The van der Waals surface area contributed by atoms with Gasteiger partial charge in [-0.15, -0.1) is 0 Å². The molecule has 0 aliphatic carbocycles. The van der Waals surface area contributed by atoms with Crippen LogP contribution in [-0.4, -0.2) is 33.4 Å². The van der Waals surface area contributed by atoms with Crippen molar-refractivity contribution in [1.29, 1.82) is 5.26 Å². The summed E-state index contributed by atoms with van der Waals surface area (Å²) in [6.07, 6.45) is 0.159. The maximum absolute atomic E-state index is 12.5. The molecule has 0 fully saturated rings. The van der Waals surface area contributed by atoms with Crippen molar-refractivity contribution in [3.8, 4) is 11.8 Å². The number of ether oxygens (including phenoxy) is 1. The summed E-state index contributed by atoms with van der Waals surface area (Å²) in [6.45, 7) is 3.14. The van der Waals surface area contributed by atoms with E-state index in [1.165, 1.54) is 30.3 Å². The number of carbonyl (C=O) groups is 2. The number of hydrogen-bond acceptors (Lipinski definition) is 7. The van der Waals surface area contributed by atoms with Gasteiger partial charge in [-0.3, -0.25) is 4.79 Å². The molecule has 0 atom stereocenters. The fourth-order valence-corrected chi connectivity index (χ4v) is 3.56. The van der Waals surface area contributed by atoms with Gasteiger partial charge in [-0.25, -0.2) is 4.79 Å². The maximum Gasteiger partial charge on any atom is 0.339 e. The van der Waals surface area contributed by atoms with Crippen molar-refractivity contribution in [2.24, 2.45) is 0 Å². The zero-order valence-corrected chi connectivity index (χ0v) is 16.8. The molecule has 0 spiro atoms. The first-order chi connectivity index (χ1) is 13.7. The summed E-state index contributed by atoms with van der Waals surface area (Å²) in [5.41, 5.74) is 1.47. The monoisotopic (exact) mass is 416 g/mol. The van der Waals surface area contributed by atoms with Gasteiger partial charge in [0.1, 0.15) is 10.6 Å². The van der Waals surface area contributed by atoms with E-state index in [1.807, 2.05) is 6.07 Å². The standard InChI is InChI=1S/C20H20N2O6S/c1-14-4-5-15(2)18(12-14)29(25,26)28-17-8-6-16(7-9-17)20(24)27-13-19(23)22-11-3-10-21/h4-9,12H,3,11,13H2,1-2H3,(H,22,23). The molecule has 0 aliphatic heterocycles. The van der Waals surface area contributed by atoms with Crippen molar-refractivity contribution >= 4 is 22.0 Å².